The summed E-state index contributed by atoms with van der Waals surface area (Å²) in [5.41, 5.74) is 0. The Morgan fingerprint density at radius 2 is 1.89 bits per heavy atom. The first kappa shape index (κ1) is 15.8. The van der Waals surface area contributed by atoms with Crippen molar-refractivity contribution in [1.29, 1.82) is 0 Å². The monoisotopic (exact) mass is 279 g/mol. The smallest absolute Gasteiger partial charge is 0.279 e. The van der Waals surface area contributed by atoms with Crippen LogP contribution in [0.4, 0.5) is 0 Å². The van der Waals surface area contributed by atoms with Gasteiger partial charge in [-0.05, 0) is 27.3 Å². The van der Waals surface area contributed by atoms with E-state index in [4.69, 9.17) is 4.74 Å². The van der Waals surface area contributed by atoms with Gasteiger partial charge in [-0.2, -0.15) is 12.7 Å². The fourth-order valence-corrected chi connectivity index (χ4v) is 3.52. The normalized spacial score (nSPS) is 28.2. The van der Waals surface area contributed by atoms with Crippen LogP contribution in [0.15, 0.2) is 0 Å². The maximum absolute atomic E-state index is 12.1. The molecule has 108 valence electrons. The van der Waals surface area contributed by atoms with Crippen LogP contribution in [-0.4, -0.2) is 57.2 Å². The summed E-state index contributed by atoms with van der Waals surface area (Å²) in [6.45, 7) is 9.78. The maximum Gasteiger partial charge on any atom is 0.279 e. The van der Waals surface area contributed by atoms with E-state index in [-0.39, 0.29) is 18.2 Å². The molecule has 1 aliphatic heterocycles. The maximum atomic E-state index is 12.1. The molecule has 1 heterocycles. The van der Waals surface area contributed by atoms with E-state index < -0.39 is 10.2 Å². The molecule has 0 amide bonds. The molecule has 18 heavy (non-hydrogen) atoms. The van der Waals surface area contributed by atoms with E-state index in [1.807, 2.05) is 27.7 Å². The highest BCUT2D eigenvalue weighted by Gasteiger charge is 2.30. The molecule has 0 aromatic carbocycles. The second kappa shape index (κ2) is 6.81. The summed E-state index contributed by atoms with van der Waals surface area (Å²) in [6.07, 6.45) is -0.118. The molecule has 0 bridgehead atoms. The molecule has 0 saturated carbocycles. The largest absolute Gasteiger partial charge is 0.373 e. The van der Waals surface area contributed by atoms with Gasteiger partial charge < -0.3 is 10.1 Å². The molecule has 0 spiro atoms. The lowest BCUT2D eigenvalue weighted by atomic mass is 10.3. The number of hydrogen-bond acceptors (Lipinski definition) is 4. The molecule has 0 aromatic heterocycles. The van der Waals surface area contributed by atoms with Gasteiger partial charge in [0.2, 0.25) is 0 Å². The number of ether oxygens (including phenoxy) is 1. The molecule has 2 N–H and O–H groups in total. The Morgan fingerprint density at radius 3 is 2.39 bits per heavy atom. The van der Waals surface area contributed by atoms with Crippen molar-refractivity contribution in [3.63, 3.8) is 0 Å². The summed E-state index contributed by atoms with van der Waals surface area (Å²) in [7, 11) is -3.40. The molecule has 1 fully saturated rings. The zero-order chi connectivity index (χ0) is 13.8. The van der Waals surface area contributed by atoms with Crippen molar-refractivity contribution in [3.05, 3.63) is 0 Å². The van der Waals surface area contributed by atoms with E-state index in [9.17, 15) is 8.42 Å². The molecule has 0 radical (unpaired) electrons. The second-order valence-corrected chi connectivity index (χ2v) is 6.64. The topological polar surface area (TPSA) is 70.7 Å². The molecule has 1 aliphatic rings. The van der Waals surface area contributed by atoms with Crippen LogP contribution in [0.1, 0.15) is 27.7 Å². The Hall–Kier alpha value is -0.210. The van der Waals surface area contributed by atoms with Crippen LogP contribution in [0.5, 0.6) is 0 Å². The zero-order valence-corrected chi connectivity index (χ0v) is 12.5. The van der Waals surface area contributed by atoms with E-state index in [0.717, 1.165) is 6.54 Å². The van der Waals surface area contributed by atoms with Crippen molar-refractivity contribution in [2.45, 2.75) is 45.9 Å². The molecule has 1 rings (SSSR count). The first-order valence-electron chi connectivity index (χ1n) is 6.48. The zero-order valence-electron chi connectivity index (χ0n) is 11.6. The SMILES string of the molecule is CCN[C@H](C)CNS(=O)(=O)N1CC(C)OC(C)C1. The lowest BCUT2D eigenvalue weighted by Crippen LogP contribution is -2.53. The molecule has 0 aliphatic carbocycles. The minimum Gasteiger partial charge on any atom is -0.373 e. The van der Waals surface area contributed by atoms with E-state index in [0.29, 0.717) is 19.6 Å². The summed E-state index contributed by atoms with van der Waals surface area (Å²) >= 11 is 0. The summed E-state index contributed by atoms with van der Waals surface area (Å²) in [4.78, 5) is 0. The Bertz CT molecular complexity index is 337. The van der Waals surface area contributed by atoms with Crippen molar-refractivity contribution in [2.75, 3.05) is 26.2 Å². The van der Waals surface area contributed by atoms with Crippen molar-refractivity contribution >= 4 is 10.2 Å². The molecule has 1 saturated heterocycles. The summed E-state index contributed by atoms with van der Waals surface area (Å²) in [6, 6.07) is 0.126. The molecular formula is C11H25N3O3S. The average molecular weight is 279 g/mol. The molecule has 2 unspecified atom stereocenters. The Kier molecular flexibility index (Phi) is 6.00. The first-order valence-corrected chi connectivity index (χ1v) is 7.92. The van der Waals surface area contributed by atoms with Gasteiger partial charge in [-0.1, -0.05) is 6.92 Å². The molecule has 7 heteroatoms. The highest BCUT2D eigenvalue weighted by atomic mass is 32.2. The lowest BCUT2D eigenvalue weighted by Gasteiger charge is -2.34. The number of morpholine rings is 1. The van der Waals surface area contributed by atoms with Crippen LogP contribution in [-0.2, 0) is 14.9 Å². The molecule has 0 aromatic rings. The third-order valence-corrected chi connectivity index (χ3v) is 4.36. The number of nitrogens with zero attached hydrogens (tertiary/aromatic N) is 1. The number of rotatable bonds is 6. The quantitative estimate of drug-likeness (QED) is 0.714. The fraction of sp³-hybridized carbons (Fsp3) is 1.00. The van der Waals surface area contributed by atoms with E-state index in [1.165, 1.54) is 4.31 Å². The van der Waals surface area contributed by atoms with Crippen molar-refractivity contribution < 1.29 is 13.2 Å². The van der Waals surface area contributed by atoms with Crippen LogP contribution in [0.3, 0.4) is 0 Å². The van der Waals surface area contributed by atoms with Crippen LogP contribution in [0.2, 0.25) is 0 Å². The highest BCUT2D eigenvalue weighted by molar-refractivity contribution is 7.87. The molecule has 6 nitrogen and oxygen atoms in total. The van der Waals surface area contributed by atoms with Crippen molar-refractivity contribution in [1.82, 2.24) is 14.3 Å². The van der Waals surface area contributed by atoms with Gasteiger partial charge in [0.05, 0.1) is 12.2 Å². The molecular weight excluding hydrogens is 254 g/mol. The predicted octanol–water partition coefficient (Wildman–Crippen LogP) is -0.0720. The number of nitrogens with one attached hydrogen (secondary N) is 2. The third kappa shape index (κ3) is 4.81. The minimum atomic E-state index is -3.40. The Labute approximate surface area is 110 Å². The van der Waals surface area contributed by atoms with Gasteiger partial charge in [-0.3, -0.25) is 0 Å². The lowest BCUT2D eigenvalue weighted by molar-refractivity contribution is -0.0443. The van der Waals surface area contributed by atoms with Crippen molar-refractivity contribution in [3.8, 4) is 0 Å². The van der Waals surface area contributed by atoms with Crippen LogP contribution < -0.4 is 10.0 Å². The van der Waals surface area contributed by atoms with Gasteiger partial charge in [-0.15, -0.1) is 0 Å². The first-order chi connectivity index (χ1) is 8.35. The summed E-state index contributed by atoms with van der Waals surface area (Å²) in [5.74, 6) is 0. The van der Waals surface area contributed by atoms with Gasteiger partial charge in [0.25, 0.3) is 10.2 Å². The summed E-state index contributed by atoms with van der Waals surface area (Å²) in [5, 5.41) is 3.17. The van der Waals surface area contributed by atoms with Gasteiger partial charge in [0.1, 0.15) is 0 Å². The van der Waals surface area contributed by atoms with Crippen LogP contribution in [0, 0.1) is 0 Å². The average Bonchev–Trinajstić information content (AvgIpc) is 2.26. The van der Waals surface area contributed by atoms with E-state index >= 15 is 0 Å². The standard InChI is InChI=1S/C11H25N3O3S/c1-5-12-9(2)6-13-18(15,16)14-7-10(3)17-11(4)8-14/h9-13H,5-8H2,1-4H3/t9-,10?,11?/m1/s1. The van der Waals surface area contributed by atoms with Gasteiger partial charge >= 0.3 is 0 Å². The van der Waals surface area contributed by atoms with E-state index in [2.05, 4.69) is 10.0 Å². The van der Waals surface area contributed by atoms with Gasteiger partial charge in [0.15, 0.2) is 0 Å². The Balaban J connectivity index is 2.52. The van der Waals surface area contributed by atoms with Crippen LogP contribution >= 0.6 is 0 Å². The van der Waals surface area contributed by atoms with Gasteiger partial charge in [0, 0.05) is 25.7 Å². The second-order valence-electron chi connectivity index (χ2n) is 4.89. The number of likely N-dealkylation sites (N-methyl/N-ethyl adjacent to an activating group) is 1. The summed E-state index contributed by atoms with van der Waals surface area (Å²) < 4.78 is 33.9. The van der Waals surface area contributed by atoms with Crippen molar-refractivity contribution in [2.24, 2.45) is 0 Å². The molecule has 3 atom stereocenters. The van der Waals surface area contributed by atoms with E-state index in [1.54, 1.807) is 0 Å². The highest BCUT2D eigenvalue weighted by Crippen LogP contribution is 2.13. The van der Waals surface area contributed by atoms with Gasteiger partial charge in [-0.25, -0.2) is 4.72 Å². The van der Waals surface area contributed by atoms with Crippen LogP contribution in [0.25, 0.3) is 0 Å². The Morgan fingerprint density at radius 1 is 1.33 bits per heavy atom. The third-order valence-electron chi connectivity index (χ3n) is 2.85. The minimum absolute atomic E-state index is 0.0588. The predicted molar refractivity (Wildman–Crippen MR) is 71.6 cm³/mol. The number of hydrogen-bond donors (Lipinski definition) is 2. The fourth-order valence-electron chi connectivity index (χ4n) is 2.07.